The van der Waals surface area contributed by atoms with E-state index in [1.165, 1.54) is 7.11 Å². The van der Waals surface area contributed by atoms with Gasteiger partial charge in [0, 0.05) is 24.3 Å². The lowest BCUT2D eigenvalue weighted by Crippen LogP contribution is -2.77. The molecule has 1 fully saturated rings. The van der Waals surface area contributed by atoms with Crippen molar-refractivity contribution in [2.24, 2.45) is 0 Å². The van der Waals surface area contributed by atoms with Crippen LogP contribution in [0.4, 0.5) is 0 Å². The molecule has 0 radical (unpaired) electrons. The van der Waals surface area contributed by atoms with Crippen LogP contribution in [-0.4, -0.2) is 29.9 Å². The zero-order valence-electron chi connectivity index (χ0n) is 24.4. The monoisotopic (exact) mass is 571 g/mol. The quantitative estimate of drug-likeness (QED) is 0.0753. The molecule has 0 aliphatic carbocycles. The Balaban J connectivity index is 1.82. The predicted octanol–water partition coefficient (Wildman–Crippen LogP) is 6.51. The Hall–Kier alpha value is -5.23. The Morgan fingerprint density at radius 2 is 1.23 bits per heavy atom. The number of hydrogen-bond donors (Lipinski definition) is 0. The summed E-state index contributed by atoms with van der Waals surface area (Å²) in [6, 6.07) is 36.6. The first kappa shape index (κ1) is 29.3. The van der Waals surface area contributed by atoms with Crippen molar-refractivity contribution in [2.75, 3.05) is 7.11 Å². The van der Waals surface area contributed by atoms with Crippen molar-refractivity contribution in [3.05, 3.63) is 161 Å². The van der Waals surface area contributed by atoms with E-state index < -0.39 is 22.9 Å². The minimum Gasteiger partial charge on any atom is -0.466 e. The first-order valence-electron chi connectivity index (χ1n) is 14.0. The number of methoxy groups -OCH3 is 1. The van der Waals surface area contributed by atoms with E-state index in [4.69, 9.17) is 4.74 Å². The SMILES string of the molecule is COC(=O)/C=C/C(=O)Oc1ccccc1C1(C=C(C)C)N(Cc2ccccc2)C(=O)C1(c1ccccc1)c1ccccc1. The molecular weight excluding hydrogens is 538 g/mol. The molecular formula is C37H33NO5. The number of nitrogens with zero attached hydrogens (tertiary/aromatic N) is 1. The smallest absolute Gasteiger partial charge is 0.336 e. The molecule has 5 rings (SSSR count). The number of rotatable bonds is 9. The molecule has 1 unspecified atom stereocenters. The molecule has 1 heterocycles. The topological polar surface area (TPSA) is 72.9 Å². The average molecular weight is 572 g/mol. The van der Waals surface area contributed by atoms with E-state index in [9.17, 15) is 14.4 Å². The van der Waals surface area contributed by atoms with Crippen molar-refractivity contribution in [1.29, 1.82) is 0 Å². The number of hydrogen-bond acceptors (Lipinski definition) is 5. The molecule has 0 aromatic heterocycles. The number of likely N-dealkylation sites (tertiary alicyclic amines) is 1. The summed E-state index contributed by atoms with van der Waals surface area (Å²) >= 11 is 0. The zero-order valence-corrected chi connectivity index (χ0v) is 24.4. The van der Waals surface area contributed by atoms with Gasteiger partial charge in [0.05, 0.1) is 7.11 Å². The van der Waals surface area contributed by atoms with E-state index in [2.05, 4.69) is 10.8 Å². The molecule has 1 saturated heterocycles. The molecule has 4 aromatic rings. The normalized spacial score (nSPS) is 17.2. The second kappa shape index (κ2) is 12.3. The van der Waals surface area contributed by atoms with Crippen molar-refractivity contribution in [3.63, 3.8) is 0 Å². The van der Waals surface area contributed by atoms with E-state index in [-0.39, 0.29) is 11.7 Å². The van der Waals surface area contributed by atoms with Crippen LogP contribution in [0.5, 0.6) is 5.75 Å². The van der Waals surface area contributed by atoms with Crippen molar-refractivity contribution in [1.82, 2.24) is 4.90 Å². The Kier molecular flexibility index (Phi) is 8.39. The minimum atomic E-state index is -1.19. The fourth-order valence-corrected chi connectivity index (χ4v) is 6.11. The molecule has 4 aromatic carbocycles. The van der Waals surface area contributed by atoms with Gasteiger partial charge in [0.15, 0.2) is 0 Å². The van der Waals surface area contributed by atoms with Gasteiger partial charge in [-0.3, -0.25) is 4.79 Å². The molecule has 0 saturated carbocycles. The van der Waals surface area contributed by atoms with Crippen LogP contribution in [0, 0.1) is 0 Å². The van der Waals surface area contributed by atoms with E-state index in [0.29, 0.717) is 12.1 Å². The van der Waals surface area contributed by atoms with Crippen molar-refractivity contribution < 1.29 is 23.9 Å². The maximum atomic E-state index is 14.9. The number of ether oxygens (including phenoxy) is 2. The molecule has 1 atom stereocenters. The summed E-state index contributed by atoms with van der Waals surface area (Å²) in [5.74, 6) is -1.20. The maximum Gasteiger partial charge on any atom is 0.336 e. The van der Waals surface area contributed by atoms with Gasteiger partial charge >= 0.3 is 11.9 Å². The summed E-state index contributed by atoms with van der Waals surface area (Å²) in [4.78, 5) is 41.4. The van der Waals surface area contributed by atoms with Gasteiger partial charge in [0.2, 0.25) is 5.91 Å². The molecule has 6 nitrogen and oxygen atoms in total. The van der Waals surface area contributed by atoms with E-state index in [1.807, 2.05) is 122 Å². The number of carbonyl (C=O) groups excluding carboxylic acids is 3. The molecule has 0 N–H and O–H groups in total. The van der Waals surface area contributed by atoms with Crippen LogP contribution in [-0.2, 0) is 36.6 Å². The number of allylic oxidation sites excluding steroid dienone is 1. The van der Waals surface area contributed by atoms with Gasteiger partial charge in [-0.25, -0.2) is 9.59 Å². The summed E-state index contributed by atoms with van der Waals surface area (Å²) < 4.78 is 10.5. The minimum absolute atomic E-state index is 0.0713. The van der Waals surface area contributed by atoms with Crippen LogP contribution in [0.15, 0.2) is 139 Å². The molecule has 216 valence electrons. The highest BCUT2D eigenvalue weighted by Gasteiger charge is 2.72. The number of esters is 2. The van der Waals surface area contributed by atoms with Gasteiger partial charge in [-0.05, 0) is 36.6 Å². The summed E-state index contributed by atoms with van der Waals surface area (Å²) in [5.41, 5.74) is 1.93. The molecule has 1 aliphatic rings. The highest BCUT2D eigenvalue weighted by molar-refractivity contribution is 6.03. The Bertz CT molecular complexity index is 1630. The zero-order chi connectivity index (χ0) is 30.5. The fraction of sp³-hybridized carbons (Fsp3) is 0.162. The van der Waals surface area contributed by atoms with Crippen molar-refractivity contribution in [3.8, 4) is 5.75 Å². The first-order valence-corrected chi connectivity index (χ1v) is 14.0. The number of amides is 1. The molecule has 0 bridgehead atoms. The van der Waals surface area contributed by atoms with E-state index in [0.717, 1.165) is 34.4 Å². The highest BCUT2D eigenvalue weighted by Crippen LogP contribution is 2.63. The Labute approximate surface area is 251 Å². The van der Waals surface area contributed by atoms with Crippen LogP contribution >= 0.6 is 0 Å². The lowest BCUT2D eigenvalue weighted by molar-refractivity contribution is -0.170. The van der Waals surface area contributed by atoms with Crippen molar-refractivity contribution >= 4 is 17.8 Å². The van der Waals surface area contributed by atoms with Crippen LogP contribution in [0.25, 0.3) is 0 Å². The number of β-lactam (4-membered cyclic amide) rings is 1. The molecule has 0 spiro atoms. The number of para-hydroxylation sites is 1. The van der Waals surface area contributed by atoms with Gasteiger partial charge in [0.25, 0.3) is 0 Å². The number of carbonyl (C=O) groups is 3. The summed E-state index contributed by atoms with van der Waals surface area (Å²) in [6.07, 6.45) is 4.16. The highest BCUT2D eigenvalue weighted by atomic mass is 16.5. The summed E-state index contributed by atoms with van der Waals surface area (Å²) in [6.45, 7) is 4.33. The van der Waals surface area contributed by atoms with Gasteiger partial charge in [-0.15, -0.1) is 0 Å². The largest absolute Gasteiger partial charge is 0.466 e. The lowest BCUT2D eigenvalue weighted by atomic mass is 9.50. The van der Waals surface area contributed by atoms with Crippen LogP contribution in [0.2, 0.25) is 0 Å². The Morgan fingerprint density at radius 1 is 0.721 bits per heavy atom. The predicted molar refractivity (Wildman–Crippen MR) is 165 cm³/mol. The van der Waals surface area contributed by atoms with Crippen molar-refractivity contribution in [2.45, 2.75) is 31.3 Å². The third-order valence-electron chi connectivity index (χ3n) is 7.72. The average Bonchev–Trinajstić information content (AvgIpc) is 3.03. The maximum absolute atomic E-state index is 14.9. The first-order chi connectivity index (χ1) is 20.8. The lowest BCUT2D eigenvalue weighted by Gasteiger charge is -2.65. The van der Waals surface area contributed by atoms with Crippen LogP contribution < -0.4 is 4.74 Å². The summed E-state index contributed by atoms with van der Waals surface area (Å²) in [5, 5.41) is 0. The third kappa shape index (κ3) is 5.17. The van der Waals surface area contributed by atoms with Gasteiger partial charge < -0.3 is 14.4 Å². The fourth-order valence-electron chi connectivity index (χ4n) is 6.11. The number of benzene rings is 4. The van der Waals surface area contributed by atoms with Gasteiger partial charge in [-0.1, -0.05) is 121 Å². The van der Waals surface area contributed by atoms with Gasteiger partial charge in [0.1, 0.15) is 16.7 Å². The molecule has 1 aliphatic heterocycles. The van der Waals surface area contributed by atoms with E-state index in [1.54, 1.807) is 12.1 Å². The molecule has 6 heteroatoms. The van der Waals surface area contributed by atoms with Gasteiger partial charge in [-0.2, -0.15) is 0 Å². The van der Waals surface area contributed by atoms with Crippen LogP contribution in [0.1, 0.15) is 36.1 Å². The van der Waals surface area contributed by atoms with E-state index >= 15 is 0 Å². The molecule has 1 amide bonds. The Morgan fingerprint density at radius 3 is 1.79 bits per heavy atom. The third-order valence-corrected chi connectivity index (χ3v) is 7.72. The summed E-state index contributed by atoms with van der Waals surface area (Å²) in [7, 11) is 1.23. The standard InChI is InChI=1S/C37H33NO5/c1-27(2)25-36(31-21-13-14-22-32(31)43-34(40)24-23-33(39)42-3)37(29-17-9-5-10-18-29,30-19-11-6-12-20-30)35(41)38(36)26-28-15-7-4-8-16-28/h4-25H,26H2,1-3H3/b24-23+. The van der Waals surface area contributed by atoms with Crippen LogP contribution in [0.3, 0.4) is 0 Å². The second-order valence-electron chi connectivity index (χ2n) is 10.6. The molecule has 43 heavy (non-hydrogen) atoms. The second-order valence-corrected chi connectivity index (χ2v) is 10.6.